The second kappa shape index (κ2) is 9.06. The van der Waals surface area contributed by atoms with Gasteiger partial charge in [0.1, 0.15) is 24.7 Å². The van der Waals surface area contributed by atoms with E-state index in [-0.39, 0.29) is 22.9 Å². The van der Waals surface area contributed by atoms with Crippen molar-refractivity contribution in [3.63, 3.8) is 0 Å². The molecule has 0 amide bonds. The molecule has 6 atom stereocenters. The van der Waals surface area contributed by atoms with E-state index < -0.39 is 10.8 Å². The molecule has 394 valence electrons. The second-order valence-electron chi connectivity index (χ2n) is 32.6. The highest BCUT2D eigenvalue weighted by atomic mass is 16.5. The van der Waals surface area contributed by atoms with E-state index in [0.717, 1.165) is 24.6 Å². The molecule has 0 saturated carbocycles. The number of ether oxygens (including phenoxy) is 2. The Morgan fingerprint density at radius 3 is 0.667 bits per heavy atom. The van der Waals surface area contributed by atoms with E-state index in [1.54, 1.807) is 303 Å². The van der Waals surface area contributed by atoms with Crippen molar-refractivity contribution in [3.05, 3.63) is 140 Å². The number of likely N-dealkylation sites (N-methyl/N-ethyl adjacent to an activating group) is 2. The standard InChI is InChI=1S/C86H28N2O2/c1-87-17-83-73-57-45-33-25-26-30-27-31-39-47(35(27)33)59(57)75(83)63-51(39)43-54-42(31)50-38(30)46-34(26)36-28-29(25)37(45)49-41-32(28)40-48(36)60-58(46)74-62(50)66(54)78-70-55(43)67(63)79-71-69-56-44-52(40)64-68(56)80(72(70)71)86(78)82(88(2)18-84(74,86)76(60)64)22-9-13-24(14-10-22)90-16-20-5-3-19(4-6-20)15-89-23-11-7-21(8-12-23)81(87)85(79,83)77(69)65(53(41)44)61(49)73/h3-14,81-82H,15-18H2,1-2H3/t81-,82+,83?,84?,85?,86?. The quantitative estimate of drug-likeness (QED) is 0.141. The molecule has 42 rings (SSSR count). The van der Waals surface area contributed by atoms with E-state index in [2.05, 4.69) is 96.7 Å². The third-order valence-corrected chi connectivity index (χ3v) is 31.5. The minimum absolute atomic E-state index is 0.0639. The van der Waals surface area contributed by atoms with Crippen LogP contribution in [-0.2, 0) is 34.9 Å². The van der Waals surface area contributed by atoms with Crippen LogP contribution in [0.2, 0.25) is 0 Å². The van der Waals surface area contributed by atoms with Crippen LogP contribution < -0.4 is 9.47 Å². The maximum absolute atomic E-state index is 6.85. The minimum Gasteiger partial charge on any atom is -0.489 e. The molecule has 27 aromatic rings. The van der Waals surface area contributed by atoms with Gasteiger partial charge in [0.05, 0.1) is 21.7 Å². The third-order valence-electron chi connectivity index (χ3n) is 31.5. The molecule has 0 aromatic heterocycles. The van der Waals surface area contributed by atoms with Crippen LogP contribution in [0.3, 0.4) is 0 Å². The zero-order valence-electron chi connectivity index (χ0n) is 47.6. The predicted molar refractivity (Wildman–Crippen MR) is 366 cm³/mol. The van der Waals surface area contributed by atoms with Gasteiger partial charge in [-0.3, -0.25) is 9.80 Å². The number of hydrogen-bond donors (Lipinski definition) is 0. The number of fused-ring (bicyclic) bond motifs is 1. The lowest BCUT2D eigenvalue weighted by atomic mass is 9.47. The highest BCUT2D eigenvalue weighted by molar-refractivity contribution is 6.78. The smallest absolute Gasteiger partial charge is 0.119 e. The lowest BCUT2D eigenvalue weighted by Gasteiger charge is -2.52. The summed E-state index contributed by atoms with van der Waals surface area (Å²) in [4.78, 5) is 5.93. The number of hydrogen-bond acceptors (Lipinski definition) is 4. The molecule has 2 saturated heterocycles. The summed E-state index contributed by atoms with van der Waals surface area (Å²) in [6.45, 7) is 3.02. The van der Waals surface area contributed by atoms with Crippen molar-refractivity contribution in [2.24, 2.45) is 0 Å². The Bertz CT molecular complexity index is 8090. The van der Waals surface area contributed by atoms with Gasteiger partial charge in [0.25, 0.3) is 0 Å². The summed E-state index contributed by atoms with van der Waals surface area (Å²) in [7, 11) is 5.18. The Hall–Kier alpha value is -10.1. The number of rotatable bonds is 0. The Balaban J connectivity index is 0.942. The third kappa shape index (κ3) is 2.24. The van der Waals surface area contributed by atoms with E-state index in [1.807, 2.05) is 0 Å². The van der Waals surface area contributed by atoms with Crippen molar-refractivity contribution in [1.29, 1.82) is 0 Å². The average Bonchev–Trinajstić information content (AvgIpc) is 1.37. The molecule has 27 aromatic carbocycles. The van der Waals surface area contributed by atoms with Crippen LogP contribution in [0, 0.1) is 0 Å². The molecule has 2 fully saturated rings. The molecule has 0 radical (unpaired) electrons. The zero-order chi connectivity index (χ0) is 54.8. The Kier molecular flexibility index (Phi) is 3.73. The molecule has 90 heavy (non-hydrogen) atoms. The monoisotopic (exact) mass is 1120 g/mol. The summed E-state index contributed by atoms with van der Waals surface area (Å²) in [6, 6.07) is 28.6. The summed E-state index contributed by atoms with van der Waals surface area (Å²) < 4.78 is 13.7. The fourth-order valence-electron chi connectivity index (χ4n) is 31.2. The largest absolute Gasteiger partial charge is 0.489 e. The van der Waals surface area contributed by atoms with Gasteiger partial charge in [-0.15, -0.1) is 0 Å². The molecule has 4 heteroatoms. The van der Waals surface area contributed by atoms with Gasteiger partial charge in [-0.25, -0.2) is 0 Å². The Labute approximate surface area is 500 Å². The summed E-state index contributed by atoms with van der Waals surface area (Å²) >= 11 is 0. The molecule has 8 aliphatic carbocycles. The number of benzene rings is 19. The Morgan fingerprint density at radius 1 is 0.244 bits per heavy atom. The van der Waals surface area contributed by atoms with Crippen molar-refractivity contribution < 1.29 is 9.47 Å². The fraction of sp³-hybridized carbons (Fsp3) is 0.140. The lowest BCUT2D eigenvalue weighted by molar-refractivity contribution is 0.270. The van der Waals surface area contributed by atoms with Gasteiger partial charge in [0, 0.05) is 25.2 Å². The average molecular weight is 1120 g/mol. The van der Waals surface area contributed by atoms with E-state index in [9.17, 15) is 0 Å². The first kappa shape index (κ1) is 37.0. The van der Waals surface area contributed by atoms with Crippen molar-refractivity contribution in [1.82, 2.24) is 9.80 Å². The normalized spacial score (nSPS) is 27.1. The molecule has 12 bridgehead atoms. The fourth-order valence-corrected chi connectivity index (χ4v) is 31.2. The molecule has 4 nitrogen and oxygen atoms in total. The van der Waals surface area contributed by atoms with Crippen molar-refractivity contribution in [2.75, 3.05) is 27.2 Å². The van der Waals surface area contributed by atoms with Crippen LogP contribution in [0.15, 0.2) is 72.8 Å². The van der Waals surface area contributed by atoms with Crippen LogP contribution >= 0.6 is 0 Å². The van der Waals surface area contributed by atoms with Gasteiger partial charge in [0.2, 0.25) is 0 Å². The molecule has 15 aliphatic rings. The van der Waals surface area contributed by atoms with Gasteiger partial charge in [-0.05, 0) is 364 Å². The van der Waals surface area contributed by atoms with Crippen LogP contribution in [-0.4, -0.2) is 37.0 Å². The molecular weight excluding hydrogens is 1090 g/mol. The SMILES string of the molecule is CN1CC23c4c5c6c7c8c9c%10c%11c%12c%13c%14c%15c%16c%17c%18c%19c9c6c6c%18c9c%17c%17c%15c%15c%18c%14c%14c%12c%12c%11c8c(c8c%11c2c2c4c4c(c56)c9c5c4c4c2c2c%11c(c8%12)c%14c%18c2c4c%15c%175)C73[C@@H]1c1ccc(cc1)OCc1ccc(cc1)COc1ccc(cc1)[C@H]1N(C)CC%13%16C%10%191. The second-order valence-corrected chi connectivity index (χ2v) is 32.6. The molecule has 4 unspecified atom stereocenters. The molecule has 0 N–H and O–H groups in total. The van der Waals surface area contributed by atoms with E-state index in [1.165, 1.54) is 22.3 Å². The molecule has 7 aliphatic heterocycles. The lowest BCUT2D eigenvalue weighted by Crippen LogP contribution is -2.52. The van der Waals surface area contributed by atoms with Crippen LogP contribution in [0.4, 0.5) is 0 Å². The number of likely N-dealkylation sites (tertiary alicyclic amines) is 2. The summed E-state index contributed by atoms with van der Waals surface area (Å²) in [6.07, 6.45) is 0. The first-order valence-electron chi connectivity index (χ1n) is 33.6. The highest BCUT2D eigenvalue weighted by Gasteiger charge is 2.80. The Morgan fingerprint density at radius 2 is 0.433 bits per heavy atom. The van der Waals surface area contributed by atoms with E-state index in [0.29, 0.717) is 13.2 Å². The molecular formula is C86H28N2O2. The van der Waals surface area contributed by atoms with Gasteiger partial charge < -0.3 is 9.47 Å². The van der Waals surface area contributed by atoms with Crippen molar-refractivity contribution >= 4 is 259 Å². The van der Waals surface area contributed by atoms with Crippen LogP contribution in [0.25, 0.3) is 259 Å². The van der Waals surface area contributed by atoms with Gasteiger partial charge in [0.15, 0.2) is 0 Å². The maximum atomic E-state index is 6.85. The maximum Gasteiger partial charge on any atom is 0.119 e. The van der Waals surface area contributed by atoms with Gasteiger partial charge in [-0.2, -0.15) is 0 Å². The topological polar surface area (TPSA) is 24.9 Å². The van der Waals surface area contributed by atoms with Crippen molar-refractivity contribution in [3.8, 4) is 11.5 Å². The van der Waals surface area contributed by atoms with E-state index >= 15 is 0 Å². The first-order valence-corrected chi connectivity index (χ1v) is 33.6. The summed E-state index contributed by atoms with van der Waals surface area (Å²) in [5.41, 5.74) is 17.7. The number of nitrogens with zero attached hydrogens (tertiary/aromatic N) is 2. The van der Waals surface area contributed by atoms with Gasteiger partial charge >= 0.3 is 0 Å². The van der Waals surface area contributed by atoms with E-state index in [4.69, 9.17) is 9.47 Å². The van der Waals surface area contributed by atoms with Crippen LogP contribution in [0.5, 0.6) is 11.5 Å². The molecule has 7 heterocycles. The first-order chi connectivity index (χ1) is 44.6. The van der Waals surface area contributed by atoms with Gasteiger partial charge in [-0.1, -0.05) is 48.5 Å². The summed E-state index contributed by atoms with van der Waals surface area (Å²) in [5, 5.41) is 80.0. The highest BCUT2D eigenvalue weighted by Crippen LogP contribution is 2.90. The van der Waals surface area contributed by atoms with Crippen LogP contribution in [0.1, 0.15) is 78.8 Å². The summed E-state index contributed by atoms with van der Waals surface area (Å²) in [5.74, 6) is 1.87. The van der Waals surface area contributed by atoms with Crippen molar-refractivity contribution in [2.45, 2.75) is 47.0 Å². The molecule has 4 spiro atoms. The zero-order valence-corrected chi connectivity index (χ0v) is 47.6. The predicted octanol–water partition coefficient (Wildman–Crippen LogP) is 19.7. The minimum atomic E-state index is -0.426.